The van der Waals surface area contributed by atoms with Gasteiger partial charge in [-0.15, -0.1) is 0 Å². The second-order valence-corrected chi connectivity index (χ2v) is 7.40. The zero-order valence-corrected chi connectivity index (χ0v) is 18.2. The maximum atomic E-state index is 12.2. The van der Waals surface area contributed by atoms with Gasteiger partial charge in [-0.2, -0.15) is 0 Å². The molecule has 0 saturated heterocycles. The number of amides is 2. The molecule has 1 aromatic carbocycles. The fraction of sp³-hybridized carbons (Fsp3) is 0.600. The Morgan fingerprint density at radius 2 is 1.72 bits per heavy atom. The number of phenols is 1. The van der Waals surface area contributed by atoms with Crippen molar-refractivity contribution in [3.8, 4) is 23.0 Å². The maximum absolute atomic E-state index is 12.2. The first-order valence-corrected chi connectivity index (χ1v) is 9.32. The van der Waals surface area contributed by atoms with Crippen LogP contribution in [0.4, 0.5) is 4.79 Å². The molecule has 0 saturated carbocycles. The molecule has 0 bridgehead atoms. The lowest BCUT2D eigenvalue weighted by Crippen LogP contribution is -2.46. The molecule has 164 valence electrons. The monoisotopic (exact) mass is 412 g/mol. The van der Waals surface area contributed by atoms with Crippen LogP contribution in [-0.2, 0) is 16.0 Å². The van der Waals surface area contributed by atoms with Crippen LogP contribution in [0.15, 0.2) is 6.07 Å². The number of carbonyl (C=O) groups excluding carboxylic acids is 2. The first-order chi connectivity index (χ1) is 13.5. The zero-order chi connectivity index (χ0) is 22.2. The van der Waals surface area contributed by atoms with Crippen molar-refractivity contribution in [2.75, 3.05) is 27.9 Å². The first kappa shape index (κ1) is 24.2. The van der Waals surface area contributed by atoms with Gasteiger partial charge in [0.2, 0.25) is 5.91 Å². The van der Waals surface area contributed by atoms with Crippen molar-refractivity contribution >= 4 is 12.0 Å². The molecule has 0 heterocycles. The standard InChI is InChI=1S/C20H32N2O7/c1-12(22-19(25)29-20(2,3)4)18(24)21-10-8-9-13-16(23)14(26-5)11-15(27-6)17(13)28-7/h11-12,23H,8-10H2,1-7H3,(H,21,24)(H,22,25)/t12-/m0/s1. The molecule has 0 aliphatic heterocycles. The van der Waals surface area contributed by atoms with Crippen LogP contribution >= 0.6 is 0 Å². The minimum atomic E-state index is -0.746. The molecule has 29 heavy (non-hydrogen) atoms. The summed E-state index contributed by atoms with van der Waals surface area (Å²) in [4.78, 5) is 23.9. The molecule has 0 aliphatic rings. The largest absolute Gasteiger partial charge is 0.504 e. The van der Waals surface area contributed by atoms with E-state index in [4.69, 9.17) is 18.9 Å². The third-order valence-corrected chi connectivity index (χ3v) is 3.95. The zero-order valence-electron chi connectivity index (χ0n) is 18.2. The molecule has 1 rings (SSSR count). The summed E-state index contributed by atoms with van der Waals surface area (Å²) in [5.41, 5.74) is -0.114. The molecule has 0 unspecified atom stereocenters. The Bertz CT molecular complexity index is 714. The van der Waals surface area contributed by atoms with E-state index < -0.39 is 17.7 Å². The topological polar surface area (TPSA) is 115 Å². The highest BCUT2D eigenvalue weighted by atomic mass is 16.6. The number of nitrogens with one attached hydrogen (secondary N) is 2. The average molecular weight is 412 g/mol. The molecule has 9 nitrogen and oxygen atoms in total. The number of ether oxygens (including phenoxy) is 4. The lowest BCUT2D eigenvalue weighted by atomic mass is 10.1. The van der Waals surface area contributed by atoms with E-state index >= 15 is 0 Å². The lowest BCUT2D eigenvalue weighted by Gasteiger charge is -2.21. The Hall–Kier alpha value is -2.84. The van der Waals surface area contributed by atoms with E-state index in [0.29, 0.717) is 36.4 Å². The lowest BCUT2D eigenvalue weighted by molar-refractivity contribution is -0.122. The molecule has 0 aromatic heterocycles. The van der Waals surface area contributed by atoms with E-state index in [1.165, 1.54) is 21.3 Å². The van der Waals surface area contributed by atoms with E-state index in [9.17, 15) is 14.7 Å². The van der Waals surface area contributed by atoms with Gasteiger partial charge in [0.25, 0.3) is 0 Å². The fourth-order valence-electron chi connectivity index (χ4n) is 2.60. The van der Waals surface area contributed by atoms with Crippen LogP contribution in [0.25, 0.3) is 0 Å². The van der Waals surface area contributed by atoms with E-state index in [1.54, 1.807) is 33.8 Å². The summed E-state index contributed by atoms with van der Waals surface area (Å²) in [5.74, 6) is 0.761. The minimum absolute atomic E-state index is 0.0311. The van der Waals surface area contributed by atoms with Crippen LogP contribution in [0, 0.1) is 0 Å². The van der Waals surface area contributed by atoms with Crippen LogP contribution in [0.2, 0.25) is 0 Å². The number of benzene rings is 1. The van der Waals surface area contributed by atoms with Gasteiger partial charge in [0.1, 0.15) is 11.6 Å². The van der Waals surface area contributed by atoms with Crippen molar-refractivity contribution < 1.29 is 33.6 Å². The fourth-order valence-corrected chi connectivity index (χ4v) is 2.60. The number of phenolic OH excluding ortho intramolecular Hbond substituents is 1. The Balaban J connectivity index is 2.64. The summed E-state index contributed by atoms with van der Waals surface area (Å²) in [6.07, 6.45) is 0.278. The highest BCUT2D eigenvalue weighted by Gasteiger charge is 2.22. The number of hydrogen-bond donors (Lipinski definition) is 3. The van der Waals surface area contributed by atoms with Gasteiger partial charge in [0, 0.05) is 18.2 Å². The number of carbonyl (C=O) groups is 2. The molecule has 0 radical (unpaired) electrons. The van der Waals surface area contributed by atoms with Crippen molar-refractivity contribution in [1.29, 1.82) is 0 Å². The second-order valence-electron chi connectivity index (χ2n) is 7.40. The van der Waals surface area contributed by atoms with Gasteiger partial charge in [-0.05, 0) is 40.5 Å². The van der Waals surface area contributed by atoms with Crippen molar-refractivity contribution in [3.05, 3.63) is 11.6 Å². The van der Waals surface area contributed by atoms with E-state index in [-0.39, 0.29) is 17.4 Å². The van der Waals surface area contributed by atoms with E-state index in [1.807, 2.05) is 0 Å². The van der Waals surface area contributed by atoms with Crippen LogP contribution in [-0.4, -0.2) is 56.6 Å². The smallest absolute Gasteiger partial charge is 0.408 e. The number of hydrogen-bond acceptors (Lipinski definition) is 7. The minimum Gasteiger partial charge on any atom is -0.504 e. The Kier molecular flexibility index (Phi) is 8.87. The van der Waals surface area contributed by atoms with Gasteiger partial charge in [-0.3, -0.25) is 4.79 Å². The maximum Gasteiger partial charge on any atom is 0.408 e. The summed E-state index contributed by atoms with van der Waals surface area (Å²) in [6.45, 7) is 7.14. The first-order valence-electron chi connectivity index (χ1n) is 9.32. The van der Waals surface area contributed by atoms with Gasteiger partial charge in [0.15, 0.2) is 23.0 Å². The highest BCUT2D eigenvalue weighted by Crippen LogP contribution is 2.44. The molecular formula is C20H32N2O7. The molecule has 9 heteroatoms. The average Bonchev–Trinajstić information content (AvgIpc) is 2.63. The highest BCUT2D eigenvalue weighted by molar-refractivity contribution is 5.85. The van der Waals surface area contributed by atoms with Gasteiger partial charge in [-0.1, -0.05) is 0 Å². The van der Waals surface area contributed by atoms with Crippen LogP contribution in [0.3, 0.4) is 0 Å². The summed E-state index contributed by atoms with van der Waals surface area (Å²) in [7, 11) is 4.43. The van der Waals surface area contributed by atoms with Crippen LogP contribution < -0.4 is 24.8 Å². The Morgan fingerprint density at radius 1 is 1.10 bits per heavy atom. The van der Waals surface area contributed by atoms with Crippen molar-refractivity contribution in [3.63, 3.8) is 0 Å². The molecule has 3 N–H and O–H groups in total. The molecule has 1 aromatic rings. The van der Waals surface area contributed by atoms with E-state index in [2.05, 4.69) is 10.6 Å². The van der Waals surface area contributed by atoms with Gasteiger partial charge >= 0.3 is 6.09 Å². The van der Waals surface area contributed by atoms with Gasteiger partial charge < -0.3 is 34.7 Å². The number of alkyl carbamates (subject to hydrolysis) is 1. The summed E-state index contributed by atoms with van der Waals surface area (Å²) in [6, 6.07) is 0.799. The molecule has 0 spiro atoms. The molecule has 2 amide bonds. The number of aromatic hydroxyl groups is 1. The summed E-state index contributed by atoms with van der Waals surface area (Å²) in [5, 5.41) is 15.6. The molecular weight excluding hydrogens is 380 g/mol. The number of methoxy groups -OCH3 is 3. The Labute approximate surface area is 171 Å². The van der Waals surface area contributed by atoms with Crippen molar-refractivity contribution in [1.82, 2.24) is 10.6 Å². The summed E-state index contributed by atoms with van der Waals surface area (Å²) < 4.78 is 20.9. The van der Waals surface area contributed by atoms with E-state index in [0.717, 1.165) is 0 Å². The van der Waals surface area contributed by atoms with Crippen LogP contribution in [0.1, 0.15) is 39.7 Å². The van der Waals surface area contributed by atoms with Crippen LogP contribution in [0.5, 0.6) is 23.0 Å². The van der Waals surface area contributed by atoms with Crippen molar-refractivity contribution in [2.24, 2.45) is 0 Å². The quantitative estimate of drug-likeness (QED) is 0.533. The Morgan fingerprint density at radius 3 is 2.24 bits per heavy atom. The molecule has 0 fully saturated rings. The third kappa shape index (κ3) is 7.24. The predicted molar refractivity (Wildman–Crippen MR) is 108 cm³/mol. The molecule has 1 atom stereocenters. The summed E-state index contributed by atoms with van der Waals surface area (Å²) >= 11 is 0. The normalized spacial score (nSPS) is 12.0. The SMILES string of the molecule is COc1cc(OC)c(OC)c(CCCNC(=O)[C@H](C)NC(=O)OC(C)(C)C)c1O. The van der Waals surface area contributed by atoms with Gasteiger partial charge in [0.05, 0.1) is 21.3 Å². The van der Waals surface area contributed by atoms with Crippen molar-refractivity contribution in [2.45, 2.75) is 52.2 Å². The molecule has 0 aliphatic carbocycles. The number of rotatable bonds is 9. The third-order valence-electron chi connectivity index (χ3n) is 3.95. The predicted octanol–water partition coefficient (Wildman–Crippen LogP) is 2.38. The van der Waals surface area contributed by atoms with Gasteiger partial charge in [-0.25, -0.2) is 4.79 Å². The second kappa shape index (κ2) is 10.6.